The molecule has 0 fully saturated rings. The van der Waals surface area contributed by atoms with Crippen LogP contribution in [0.4, 0.5) is 4.39 Å². The Kier molecular flexibility index (Phi) is 4.36. The van der Waals surface area contributed by atoms with Gasteiger partial charge in [0.25, 0.3) is 0 Å². The number of rotatable bonds is 4. The first-order valence-electron chi connectivity index (χ1n) is 10.3. The summed E-state index contributed by atoms with van der Waals surface area (Å²) in [6.45, 7) is 0. The van der Waals surface area contributed by atoms with Crippen LogP contribution in [0.1, 0.15) is 0 Å². The standard InChI is InChI=1S/C25H17FN6O/c1-33-17-9-15(11-27-12-17)21-10-19-22(13-28-21)31-32-24(19)25-29-20-4-2-3-18(23(20)30-25)14-5-7-16(26)8-6-14/h2-13H,1H3,(H,29,30)(H,31,32). The molecule has 0 atom stereocenters. The van der Waals surface area contributed by atoms with Crippen LogP contribution in [0, 0.1) is 5.82 Å². The molecule has 2 N–H and O–H groups in total. The highest BCUT2D eigenvalue weighted by atomic mass is 19.1. The summed E-state index contributed by atoms with van der Waals surface area (Å²) in [5.74, 6) is 1.02. The Hall–Kier alpha value is -4.59. The van der Waals surface area contributed by atoms with Gasteiger partial charge in [-0.05, 0) is 35.9 Å². The number of aromatic nitrogens is 6. The first-order chi connectivity index (χ1) is 16.2. The highest BCUT2D eigenvalue weighted by molar-refractivity contribution is 5.97. The van der Waals surface area contributed by atoms with Gasteiger partial charge >= 0.3 is 0 Å². The summed E-state index contributed by atoms with van der Waals surface area (Å²) in [6, 6.07) is 16.1. The number of aromatic amines is 2. The Balaban J connectivity index is 1.48. The lowest BCUT2D eigenvalue weighted by Crippen LogP contribution is -1.89. The lowest BCUT2D eigenvalue weighted by atomic mass is 10.0. The minimum atomic E-state index is -0.271. The van der Waals surface area contributed by atoms with E-state index in [1.807, 2.05) is 30.3 Å². The van der Waals surface area contributed by atoms with E-state index in [2.05, 4.69) is 25.1 Å². The zero-order valence-electron chi connectivity index (χ0n) is 17.5. The van der Waals surface area contributed by atoms with Crippen molar-refractivity contribution < 1.29 is 9.13 Å². The summed E-state index contributed by atoms with van der Waals surface area (Å²) in [5.41, 5.74) is 6.54. The predicted octanol–water partition coefficient (Wildman–Crippen LogP) is 5.38. The average Bonchev–Trinajstić information content (AvgIpc) is 3.48. The SMILES string of the molecule is COc1cncc(-c2cc3c(-c4nc5c(-c6ccc(F)cc6)cccc5[nH]4)n[nH]c3cn2)c1. The molecule has 8 heteroatoms. The van der Waals surface area contributed by atoms with E-state index in [0.717, 1.165) is 44.3 Å². The summed E-state index contributed by atoms with van der Waals surface area (Å²) in [7, 11) is 1.60. The molecule has 0 radical (unpaired) electrons. The summed E-state index contributed by atoms with van der Waals surface area (Å²) in [5, 5.41) is 8.40. The van der Waals surface area contributed by atoms with Crippen LogP contribution in [0.25, 0.3) is 55.8 Å². The molecule has 33 heavy (non-hydrogen) atoms. The molecule has 6 aromatic rings. The van der Waals surface area contributed by atoms with E-state index in [0.29, 0.717) is 17.3 Å². The third kappa shape index (κ3) is 3.28. The van der Waals surface area contributed by atoms with Crippen LogP contribution in [0.5, 0.6) is 5.75 Å². The van der Waals surface area contributed by atoms with Crippen LogP contribution in [0.15, 0.2) is 73.2 Å². The molecule has 0 saturated heterocycles. The number of nitrogens with zero attached hydrogens (tertiary/aromatic N) is 4. The number of H-pyrrole nitrogens is 2. The minimum absolute atomic E-state index is 0.271. The van der Waals surface area contributed by atoms with Crippen molar-refractivity contribution in [3.05, 3.63) is 79.0 Å². The molecule has 4 aromatic heterocycles. The Morgan fingerprint density at radius 1 is 0.909 bits per heavy atom. The topological polar surface area (TPSA) is 92.4 Å². The zero-order chi connectivity index (χ0) is 22.4. The number of methoxy groups -OCH3 is 1. The van der Waals surface area contributed by atoms with Gasteiger partial charge in [0.2, 0.25) is 0 Å². The van der Waals surface area contributed by atoms with Crippen molar-refractivity contribution in [1.82, 2.24) is 30.1 Å². The summed E-state index contributed by atoms with van der Waals surface area (Å²) < 4.78 is 18.7. The van der Waals surface area contributed by atoms with E-state index in [-0.39, 0.29) is 5.82 Å². The summed E-state index contributed by atoms with van der Waals surface area (Å²) in [6.07, 6.45) is 5.14. The lowest BCUT2D eigenvalue weighted by Gasteiger charge is -2.03. The van der Waals surface area contributed by atoms with Gasteiger partial charge < -0.3 is 9.72 Å². The third-order valence-electron chi connectivity index (χ3n) is 5.58. The van der Waals surface area contributed by atoms with Crippen LogP contribution < -0.4 is 4.74 Å². The zero-order valence-corrected chi connectivity index (χ0v) is 17.5. The quantitative estimate of drug-likeness (QED) is 0.387. The molecule has 160 valence electrons. The van der Waals surface area contributed by atoms with Gasteiger partial charge in [0, 0.05) is 22.7 Å². The van der Waals surface area contributed by atoms with Gasteiger partial charge in [0.15, 0.2) is 5.82 Å². The maximum atomic E-state index is 13.4. The molecule has 0 bridgehead atoms. The molecule has 6 rings (SSSR count). The van der Waals surface area contributed by atoms with E-state index in [1.54, 1.807) is 37.8 Å². The van der Waals surface area contributed by atoms with Crippen molar-refractivity contribution in [3.8, 4) is 39.7 Å². The second-order valence-electron chi connectivity index (χ2n) is 7.59. The van der Waals surface area contributed by atoms with Crippen molar-refractivity contribution in [2.24, 2.45) is 0 Å². The lowest BCUT2D eigenvalue weighted by molar-refractivity contribution is 0.413. The highest BCUT2D eigenvalue weighted by Gasteiger charge is 2.16. The van der Waals surface area contributed by atoms with Gasteiger partial charge in [0.1, 0.15) is 17.3 Å². The molecule has 0 aliphatic heterocycles. The fourth-order valence-electron chi connectivity index (χ4n) is 3.93. The molecule has 0 aliphatic rings. The van der Waals surface area contributed by atoms with Gasteiger partial charge in [-0.1, -0.05) is 24.3 Å². The molecule has 0 aliphatic carbocycles. The fraction of sp³-hybridized carbons (Fsp3) is 0.0400. The number of benzene rings is 2. The van der Waals surface area contributed by atoms with Gasteiger partial charge in [-0.15, -0.1) is 0 Å². The van der Waals surface area contributed by atoms with Gasteiger partial charge in [-0.2, -0.15) is 5.10 Å². The van der Waals surface area contributed by atoms with E-state index in [9.17, 15) is 4.39 Å². The van der Waals surface area contributed by atoms with Crippen LogP contribution in [-0.4, -0.2) is 37.2 Å². The number of imidazole rings is 1. The number of pyridine rings is 2. The van der Waals surface area contributed by atoms with E-state index in [1.165, 1.54) is 12.1 Å². The largest absolute Gasteiger partial charge is 0.495 e. The summed E-state index contributed by atoms with van der Waals surface area (Å²) in [4.78, 5) is 17.0. The third-order valence-corrected chi connectivity index (χ3v) is 5.58. The molecule has 7 nitrogen and oxygen atoms in total. The molecular formula is C25H17FN6O. The second-order valence-corrected chi connectivity index (χ2v) is 7.59. The monoisotopic (exact) mass is 436 g/mol. The van der Waals surface area contributed by atoms with Crippen molar-refractivity contribution in [1.29, 1.82) is 0 Å². The van der Waals surface area contributed by atoms with E-state index < -0.39 is 0 Å². The van der Waals surface area contributed by atoms with Crippen LogP contribution in [-0.2, 0) is 0 Å². The number of fused-ring (bicyclic) bond motifs is 2. The van der Waals surface area contributed by atoms with Crippen LogP contribution >= 0.6 is 0 Å². The number of halogens is 1. The van der Waals surface area contributed by atoms with Crippen molar-refractivity contribution >= 4 is 21.9 Å². The second kappa shape index (κ2) is 7.52. The first-order valence-corrected chi connectivity index (χ1v) is 10.3. The van der Waals surface area contributed by atoms with Crippen LogP contribution in [0.2, 0.25) is 0 Å². The number of hydrogen-bond acceptors (Lipinski definition) is 5. The Morgan fingerprint density at radius 2 is 1.79 bits per heavy atom. The van der Waals surface area contributed by atoms with Crippen molar-refractivity contribution in [2.75, 3.05) is 7.11 Å². The molecule has 2 aromatic carbocycles. The molecule has 0 spiro atoms. The predicted molar refractivity (Wildman–Crippen MR) is 124 cm³/mol. The Labute approximate surface area is 187 Å². The first kappa shape index (κ1) is 19.1. The van der Waals surface area contributed by atoms with Crippen LogP contribution in [0.3, 0.4) is 0 Å². The highest BCUT2D eigenvalue weighted by Crippen LogP contribution is 2.32. The molecular weight excluding hydrogens is 419 g/mol. The molecule has 4 heterocycles. The van der Waals surface area contributed by atoms with Crippen molar-refractivity contribution in [3.63, 3.8) is 0 Å². The molecule has 0 amide bonds. The molecule has 0 unspecified atom stereocenters. The van der Waals surface area contributed by atoms with Gasteiger partial charge in [-0.3, -0.25) is 15.1 Å². The fourth-order valence-corrected chi connectivity index (χ4v) is 3.93. The maximum Gasteiger partial charge on any atom is 0.159 e. The smallest absolute Gasteiger partial charge is 0.159 e. The normalized spacial score (nSPS) is 11.3. The number of hydrogen-bond donors (Lipinski definition) is 2. The Morgan fingerprint density at radius 3 is 2.64 bits per heavy atom. The van der Waals surface area contributed by atoms with E-state index >= 15 is 0 Å². The van der Waals surface area contributed by atoms with Gasteiger partial charge in [0.05, 0.1) is 41.7 Å². The summed E-state index contributed by atoms with van der Waals surface area (Å²) >= 11 is 0. The van der Waals surface area contributed by atoms with E-state index in [4.69, 9.17) is 9.72 Å². The van der Waals surface area contributed by atoms with Gasteiger partial charge in [-0.25, -0.2) is 9.37 Å². The minimum Gasteiger partial charge on any atom is -0.495 e. The maximum absolute atomic E-state index is 13.4. The number of para-hydroxylation sites is 1. The van der Waals surface area contributed by atoms with Crippen molar-refractivity contribution in [2.45, 2.75) is 0 Å². The Bertz CT molecular complexity index is 1620. The molecule has 0 saturated carbocycles. The number of nitrogens with one attached hydrogen (secondary N) is 2. The average molecular weight is 436 g/mol. The number of ether oxygens (including phenoxy) is 1.